The fraction of sp³-hybridized carbons (Fsp3) is 0.133. The van der Waals surface area contributed by atoms with Crippen molar-refractivity contribution < 1.29 is 9.84 Å². The van der Waals surface area contributed by atoms with E-state index in [2.05, 4.69) is 4.98 Å². The summed E-state index contributed by atoms with van der Waals surface area (Å²) in [5.74, 6) is 0.780. The highest BCUT2D eigenvalue weighted by molar-refractivity contribution is 7.17. The van der Waals surface area contributed by atoms with E-state index in [0.717, 1.165) is 27.1 Å². The molecule has 0 amide bonds. The molecule has 2 aromatic heterocycles. The number of methoxy groups -OCH3 is 1. The van der Waals surface area contributed by atoms with Gasteiger partial charge in [-0.3, -0.25) is 4.98 Å². The van der Waals surface area contributed by atoms with E-state index < -0.39 is 6.10 Å². The minimum atomic E-state index is -0.662. The summed E-state index contributed by atoms with van der Waals surface area (Å²) in [5, 5.41) is 12.4. The number of pyridine rings is 1. The molecule has 3 nitrogen and oxygen atoms in total. The maximum absolute atomic E-state index is 10.4. The minimum Gasteiger partial charge on any atom is -0.497 e. The predicted octanol–water partition coefficient (Wildman–Crippen LogP) is 3.39. The molecule has 3 rings (SSSR count). The SMILES string of the molecule is COc1ccc(C(O)c2cnc3ccsc3c2)cc1. The molecular formula is C15H13NO2S. The number of aliphatic hydroxyl groups is 1. The van der Waals surface area contributed by atoms with E-state index in [1.807, 2.05) is 41.8 Å². The second-order valence-electron chi connectivity index (χ2n) is 4.25. The van der Waals surface area contributed by atoms with E-state index in [-0.39, 0.29) is 0 Å². The van der Waals surface area contributed by atoms with Crippen LogP contribution in [0.15, 0.2) is 48.0 Å². The molecular weight excluding hydrogens is 258 g/mol. The van der Waals surface area contributed by atoms with E-state index in [9.17, 15) is 5.11 Å². The number of aromatic nitrogens is 1. The number of fused-ring (bicyclic) bond motifs is 1. The Morgan fingerprint density at radius 1 is 1.16 bits per heavy atom. The lowest BCUT2D eigenvalue weighted by Crippen LogP contribution is -2.00. The molecule has 0 aliphatic heterocycles. The van der Waals surface area contributed by atoms with Gasteiger partial charge in [0.15, 0.2) is 0 Å². The number of nitrogens with zero attached hydrogens (tertiary/aromatic N) is 1. The second kappa shape index (κ2) is 4.99. The minimum absolute atomic E-state index is 0.662. The van der Waals surface area contributed by atoms with E-state index in [1.165, 1.54) is 0 Å². The van der Waals surface area contributed by atoms with Gasteiger partial charge in [-0.1, -0.05) is 12.1 Å². The molecule has 2 heterocycles. The smallest absolute Gasteiger partial charge is 0.118 e. The van der Waals surface area contributed by atoms with Gasteiger partial charge in [0, 0.05) is 11.8 Å². The van der Waals surface area contributed by atoms with Gasteiger partial charge in [-0.25, -0.2) is 0 Å². The van der Waals surface area contributed by atoms with Crippen LogP contribution < -0.4 is 4.74 Å². The fourth-order valence-corrected chi connectivity index (χ4v) is 2.78. The highest BCUT2D eigenvalue weighted by Crippen LogP contribution is 2.27. The monoisotopic (exact) mass is 271 g/mol. The average Bonchev–Trinajstić information content (AvgIpc) is 2.94. The Morgan fingerprint density at radius 2 is 1.95 bits per heavy atom. The lowest BCUT2D eigenvalue weighted by Gasteiger charge is -2.11. The van der Waals surface area contributed by atoms with Crippen LogP contribution in [0.2, 0.25) is 0 Å². The molecule has 0 saturated heterocycles. The van der Waals surface area contributed by atoms with E-state index >= 15 is 0 Å². The molecule has 0 aliphatic rings. The number of benzene rings is 1. The van der Waals surface area contributed by atoms with Crippen LogP contribution >= 0.6 is 11.3 Å². The summed E-state index contributed by atoms with van der Waals surface area (Å²) < 4.78 is 6.20. The van der Waals surface area contributed by atoms with Crippen molar-refractivity contribution in [3.8, 4) is 5.75 Å². The standard InChI is InChI=1S/C15H13NO2S/c1-18-12-4-2-10(3-5-12)15(17)11-8-14-13(16-9-11)6-7-19-14/h2-9,15,17H,1H3. The van der Waals surface area contributed by atoms with Crippen LogP contribution in [0.1, 0.15) is 17.2 Å². The molecule has 1 unspecified atom stereocenters. The van der Waals surface area contributed by atoms with Gasteiger partial charge in [-0.05, 0) is 35.2 Å². The summed E-state index contributed by atoms with van der Waals surface area (Å²) in [5.41, 5.74) is 2.61. The highest BCUT2D eigenvalue weighted by Gasteiger charge is 2.12. The third-order valence-corrected chi connectivity index (χ3v) is 3.92. The molecule has 96 valence electrons. The summed E-state index contributed by atoms with van der Waals surface area (Å²) in [7, 11) is 1.63. The number of rotatable bonds is 3. The summed E-state index contributed by atoms with van der Waals surface area (Å²) >= 11 is 1.63. The molecule has 0 fully saturated rings. The fourth-order valence-electron chi connectivity index (χ4n) is 1.99. The molecule has 4 heteroatoms. The molecule has 19 heavy (non-hydrogen) atoms. The maximum Gasteiger partial charge on any atom is 0.118 e. The molecule has 0 spiro atoms. The molecule has 0 bridgehead atoms. The van der Waals surface area contributed by atoms with Crippen molar-refractivity contribution in [3.63, 3.8) is 0 Å². The molecule has 1 atom stereocenters. The van der Waals surface area contributed by atoms with Crippen LogP contribution in [-0.2, 0) is 0 Å². The Morgan fingerprint density at radius 3 is 2.68 bits per heavy atom. The Hall–Kier alpha value is -1.91. The summed E-state index contributed by atoms with van der Waals surface area (Å²) in [6, 6.07) is 11.4. The van der Waals surface area contributed by atoms with Gasteiger partial charge < -0.3 is 9.84 Å². The van der Waals surface area contributed by atoms with Crippen molar-refractivity contribution in [3.05, 3.63) is 59.1 Å². The van der Waals surface area contributed by atoms with Crippen molar-refractivity contribution in [2.45, 2.75) is 6.10 Å². The number of thiophene rings is 1. The van der Waals surface area contributed by atoms with Gasteiger partial charge in [-0.15, -0.1) is 11.3 Å². The van der Waals surface area contributed by atoms with Gasteiger partial charge >= 0.3 is 0 Å². The van der Waals surface area contributed by atoms with Crippen molar-refractivity contribution in [1.29, 1.82) is 0 Å². The number of hydrogen-bond acceptors (Lipinski definition) is 4. The quantitative estimate of drug-likeness (QED) is 0.794. The number of ether oxygens (including phenoxy) is 1. The van der Waals surface area contributed by atoms with Crippen LogP contribution in [0, 0.1) is 0 Å². The third kappa shape index (κ3) is 2.32. The Balaban J connectivity index is 1.94. The highest BCUT2D eigenvalue weighted by atomic mass is 32.1. The van der Waals surface area contributed by atoms with E-state index in [0.29, 0.717) is 0 Å². The zero-order chi connectivity index (χ0) is 13.2. The summed E-state index contributed by atoms with van der Waals surface area (Å²) in [4.78, 5) is 4.35. The summed E-state index contributed by atoms with van der Waals surface area (Å²) in [6.45, 7) is 0. The van der Waals surface area contributed by atoms with Crippen molar-refractivity contribution >= 4 is 21.6 Å². The average molecular weight is 271 g/mol. The zero-order valence-electron chi connectivity index (χ0n) is 10.4. The van der Waals surface area contributed by atoms with Crippen molar-refractivity contribution in [1.82, 2.24) is 4.98 Å². The molecule has 1 aromatic carbocycles. The van der Waals surface area contributed by atoms with Crippen LogP contribution in [0.25, 0.3) is 10.2 Å². The zero-order valence-corrected chi connectivity index (χ0v) is 11.2. The van der Waals surface area contributed by atoms with Gasteiger partial charge in [0.2, 0.25) is 0 Å². The van der Waals surface area contributed by atoms with Gasteiger partial charge in [-0.2, -0.15) is 0 Å². The normalized spacial score (nSPS) is 12.5. The third-order valence-electron chi connectivity index (χ3n) is 3.07. The molecule has 0 aliphatic carbocycles. The van der Waals surface area contributed by atoms with Gasteiger partial charge in [0.05, 0.1) is 17.3 Å². The first-order valence-corrected chi connectivity index (χ1v) is 6.81. The lowest BCUT2D eigenvalue weighted by molar-refractivity contribution is 0.220. The second-order valence-corrected chi connectivity index (χ2v) is 5.20. The first-order valence-electron chi connectivity index (χ1n) is 5.93. The molecule has 0 radical (unpaired) electrons. The van der Waals surface area contributed by atoms with Crippen LogP contribution in [0.5, 0.6) is 5.75 Å². The molecule has 3 aromatic rings. The summed E-state index contributed by atoms with van der Waals surface area (Å²) in [6.07, 6.45) is 1.06. The predicted molar refractivity (Wildman–Crippen MR) is 76.7 cm³/mol. The van der Waals surface area contributed by atoms with Crippen LogP contribution in [0.3, 0.4) is 0 Å². The van der Waals surface area contributed by atoms with E-state index in [4.69, 9.17) is 4.74 Å². The van der Waals surface area contributed by atoms with E-state index in [1.54, 1.807) is 24.6 Å². The topological polar surface area (TPSA) is 42.4 Å². The Kier molecular flexibility index (Phi) is 3.19. The number of hydrogen-bond donors (Lipinski definition) is 1. The molecule has 0 saturated carbocycles. The van der Waals surface area contributed by atoms with Gasteiger partial charge in [0.25, 0.3) is 0 Å². The van der Waals surface area contributed by atoms with Crippen LogP contribution in [0.4, 0.5) is 0 Å². The maximum atomic E-state index is 10.4. The molecule has 1 N–H and O–H groups in total. The van der Waals surface area contributed by atoms with Crippen molar-refractivity contribution in [2.75, 3.05) is 7.11 Å². The number of aliphatic hydroxyl groups excluding tert-OH is 1. The lowest BCUT2D eigenvalue weighted by atomic mass is 10.0. The van der Waals surface area contributed by atoms with Gasteiger partial charge in [0.1, 0.15) is 11.9 Å². The van der Waals surface area contributed by atoms with Crippen LogP contribution in [-0.4, -0.2) is 17.2 Å². The Bertz CT molecular complexity index is 691. The largest absolute Gasteiger partial charge is 0.497 e. The van der Waals surface area contributed by atoms with Crippen molar-refractivity contribution in [2.24, 2.45) is 0 Å². The first-order chi connectivity index (χ1) is 9.28. The Labute approximate surface area is 115 Å². The first kappa shape index (κ1) is 12.1.